The molecule has 1 aromatic carbocycles. The Balaban J connectivity index is 2.54. The van der Waals surface area contributed by atoms with Gasteiger partial charge in [0.15, 0.2) is 0 Å². The standard InChI is InChI=1S/C9H6Br2N4O2/c10-4-7-5-14(13-12-7)8-2-1-6(11)3-9(8)15(16)17/h1-3,5H,4H2. The summed E-state index contributed by atoms with van der Waals surface area (Å²) in [6.45, 7) is 0. The maximum Gasteiger partial charge on any atom is 0.296 e. The van der Waals surface area contributed by atoms with Crippen LogP contribution in [0.15, 0.2) is 28.9 Å². The molecule has 0 saturated carbocycles. The maximum absolute atomic E-state index is 10.9. The number of nitrogens with zero attached hydrogens (tertiary/aromatic N) is 4. The fraction of sp³-hybridized carbons (Fsp3) is 0.111. The summed E-state index contributed by atoms with van der Waals surface area (Å²) in [6.07, 6.45) is 1.64. The Kier molecular flexibility index (Phi) is 3.53. The van der Waals surface area contributed by atoms with E-state index in [1.807, 2.05) is 0 Å². The zero-order valence-electron chi connectivity index (χ0n) is 8.38. The van der Waals surface area contributed by atoms with Crippen LogP contribution in [0.4, 0.5) is 5.69 Å². The molecule has 0 aliphatic carbocycles. The Morgan fingerprint density at radius 3 is 2.82 bits per heavy atom. The average Bonchev–Trinajstić information content (AvgIpc) is 2.77. The zero-order chi connectivity index (χ0) is 12.4. The molecule has 1 aromatic heterocycles. The van der Waals surface area contributed by atoms with E-state index in [4.69, 9.17) is 0 Å². The lowest BCUT2D eigenvalue weighted by atomic mass is 10.3. The van der Waals surface area contributed by atoms with Crippen LogP contribution >= 0.6 is 31.9 Å². The summed E-state index contributed by atoms with van der Waals surface area (Å²) < 4.78 is 2.04. The third-order valence-corrected chi connectivity index (χ3v) is 3.13. The van der Waals surface area contributed by atoms with E-state index in [0.29, 0.717) is 21.2 Å². The van der Waals surface area contributed by atoms with Gasteiger partial charge in [0.1, 0.15) is 5.69 Å². The van der Waals surface area contributed by atoms with Crippen LogP contribution in [0, 0.1) is 10.1 Å². The summed E-state index contributed by atoms with van der Waals surface area (Å²) in [4.78, 5) is 10.5. The summed E-state index contributed by atoms with van der Waals surface area (Å²) in [5, 5.41) is 19.2. The Bertz CT molecular complexity index is 570. The van der Waals surface area contributed by atoms with Gasteiger partial charge in [0.05, 0.1) is 16.8 Å². The van der Waals surface area contributed by atoms with Crippen LogP contribution < -0.4 is 0 Å². The lowest BCUT2D eigenvalue weighted by molar-refractivity contribution is -0.384. The third-order valence-electron chi connectivity index (χ3n) is 2.06. The van der Waals surface area contributed by atoms with E-state index in [0.717, 1.165) is 0 Å². The smallest absolute Gasteiger partial charge is 0.258 e. The summed E-state index contributed by atoms with van der Waals surface area (Å²) >= 11 is 6.44. The number of rotatable bonds is 3. The van der Waals surface area contributed by atoms with Crippen LogP contribution in [0.2, 0.25) is 0 Å². The van der Waals surface area contributed by atoms with Gasteiger partial charge in [0, 0.05) is 15.9 Å². The summed E-state index contributed by atoms with van der Waals surface area (Å²) in [7, 11) is 0. The zero-order valence-corrected chi connectivity index (χ0v) is 11.5. The molecule has 0 spiro atoms. The van der Waals surface area contributed by atoms with Crippen molar-refractivity contribution in [2.75, 3.05) is 0 Å². The highest BCUT2D eigenvalue weighted by atomic mass is 79.9. The third kappa shape index (κ3) is 2.52. The second-order valence-corrected chi connectivity index (χ2v) is 4.65. The Labute approximate surface area is 113 Å². The van der Waals surface area contributed by atoms with Gasteiger partial charge in [-0.3, -0.25) is 10.1 Å². The first kappa shape index (κ1) is 12.2. The quantitative estimate of drug-likeness (QED) is 0.478. The molecule has 2 aromatic rings. The van der Waals surface area contributed by atoms with Crippen LogP contribution in [-0.4, -0.2) is 19.9 Å². The van der Waals surface area contributed by atoms with Gasteiger partial charge in [-0.25, -0.2) is 4.68 Å². The van der Waals surface area contributed by atoms with E-state index in [1.165, 1.54) is 10.7 Å². The molecule has 0 saturated heterocycles. The van der Waals surface area contributed by atoms with Gasteiger partial charge >= 0.3 is 0 Å². The van der Waals surface area contributed by atoms with Crippen LogP contribution in [0.3, 0.4) is 0 Å². The molecule has 0 amide bonds. The lowest BCUT2D eigenvalue weighted by Crippen LogP contribution is -2.00. The fourth-order valence-corrected chi connectivity index (χ4v) is 1.92. The van der Waals surface area contributed by atoms with Gasteiger partial charge < -0.3 is 0 Å². The van der Waals surface area contributed by atoms with Crippen molar-refractivity contribution in [2.45, 2.75) is 5.33 Å². The number of halogens is 2. The van der Waals surface area contributed by atoms with E-state index in [1.54, 1.807) is 18.3 Å². The molecule has 8 heteroatoms. The minimum Gasteiger partial charge on any atom is -0.258 e. The highest BCUT2D eigenvalue weighted by Crippen LogP contribution is 2.26. The minimum atomic E-state index is -0.449. The van der Waals surface area contributed by atoms with Gasteiger partial charge in [0.25, 0.3) is 5.69 Å². The lowest BCUT2D eigenvalue weighted by Gasteiger charge is -2.01. The molecule has 0 N–H and O–H groups in total. The van der Waals surface area contributed by atoms with Gasteiger partial charge in [-0.2, -0.15) is 0 Å². The van der Waals surface area contributed by atoms with Gasteiger partial charge in [-0.15, -0.1) is 5.10 Å². The van der Waals surface area contributed by atoms with Gasteiger partial charge in [0.2, 0.25) is 0 Å². The molecule has 0 bridgehead atoms. The molecule has 0 aliphatic rings. The second kappa shape index (κ2) is 4.92. The highest BCUT2D eigenvalue weighted by Gasteiger charge is 2.16. The normalized spacial score (nSPS) is 10.5. The largest absolute Gasteiger partial charge is 0.296 e. The van der Waals surface area contributed by atoms with Crippen molar-refractivity contribution in [3.63, 3.8) is 0 Å². The summed E-state index contributed by atoms with van der Waals surface area (Å²) in [5.74, 6) is 0. The van der Waals surface area contributed by atoms with Crippen LogP contribution in [0.5, 0.6) is 0 Å². The van der Waals surface area contributed by atoms with E-state index < -0.39 is 4.92 Å². The minimum absolute atomic E-state index is 0.0228. The highest BCUT2D eigenvalue weighted by molar-refractivity contribution is 9.10. The molecule has 2 rings (SSSR count). The molecule has 0 atom stereocenters. The molecular formula is C9H6Br2N4O2. The van der Waals surface area contributed by atoms with E-state index in [-0.39, 0.29) is 5.69 Å². The first-order valence-corrected chi connectivity index (χ1v) is 6.45. The first-order chi connectivity index (χ1) is 8.11. The van der Waals surface area contributed by atoms with Crippen molar-refractivity contribution in [3.8, 4) is 5.69 Å². The molecule has 17 heavy (non-hydrogen) atoms. The molecule has 0 aliphatic heterocycles. The Morgan fingerprint density at radius 2 is 2.24 bits per heavy atom. The predicted octanol–water partition coefficient (Wildman–Crippen LogP) is 2.83. The van der Waals surface area contributed by atoms with Crippen molar-refractivity contribution in [2.24, 2.45) is 0 Å². The van der Waals surface area contributed by atoms with Gasteiger partial charge in [-0.1, -0.05) is 37.1 Å². The fourth-order valence-electron chi connectivity index (χ4n) is 1.31. The molecule has 1 heterocycles. The number of hydrogen-bond donors (Lipinski definition) is 0. The van der Waals surface area contributed by atoms with Gasteiger partial charge in [-0.05, 0) is 12.1 Å². The number of nitro groups is 1. The predicted molar refractivity (Wildman–Crippen MR) is 68.3 cm³/mol. The number of hydrogen-bond acceptors (Lipinski definition) is 4. The van der Waals surface area contributed by atoms with E-state index >= 15 is 0 Å². The molecule has 88 valence electrons. The van der Waals surface area contributed by atoms with E-state index in [9.17, 15) is 10.1 Å². The average molecular weight is 362 g/mol. The number of benzene rings is 1. The molecule has 0 fully saturated rings. The SMILES string of the molecule is O=[N+]([O-])c1cc(Br)ccc1-n1cc(CBr)nn1. The van der Waals surface area contributed by atoms with Crippen molar-refractivity contribution in [1.82, 2.24) is 15.0 Å². The van der Waals surface area contributed by atoms with Crippen LogP contribution in [0.25, 0.3) is 5.69 Å². The van der Waals surface area contributed by atoms with Crippen molar-refractivity contribution in [3.05, 3.63) is 44.7 Å². The number of aromatic nitrogens is 3. The molecule has 6 nitrogen and oxygen atoms in total. The van der Waals surface area contributed by atoms with Crippen molar-refractivity contribution < 1.29 is 4.92 Å². The second-order valence-electron chi connectivity index (χ2n) is 3.18. The van der Waals surface area contributed by atoms with E-state index in [2.05, 4.69) is 42.2 Å². The maximum atomic E-state index is 10.9. The molecular weight excluding hydrogens is 356 g/mol. The van der Waals surface area contributed by atoms with Crippen LogP contribution in [-0.2, 0) is 5.33 Å². The van der Waals surface area contributed by atoms with Crippen molar-refractivity contribution >= 4 is 37.5 Å². The monoisotopic (exact) mass is 360 g/mol. The molecule has 0 radical (unpaired) electrons. The van der Waals surface area contributed by atoms with Crippen molar-refractivity contribution in [1.29, 1.82) is 0 Å². The number of alkyl halides is 1. The topological polar surface area (TPSA) is 73.8 Å². The summed E-state index contributed by atoms with van der Waals surface area (Å²) in [6, 6.07) is 4.78. The Morgan fingerprint density at radius 1 is 1.47 bits per heavy atom. The number of nitro benzene ring substituents is 1. The molecule has 0 unspecified atom stereocenters. The first-order valence-electron chi connectivity index (χ1n) is 4.53. The van der Waals surface area contributed by atoms with Crippen LogP contribution in [0.1, 0.15) is 5.69 Å². The Hall–Kier alpha value is -1.28. The summed E-state index contributed by atoms with van der Waals surface area (Å²) in [5.41, 5.74) is 1.07.